The summed E-state index contributed by atoms with van der Waals surface area (Å²) < 4.78 is 0. The van der Waals surface area contributed by atoms with Gasteiger partial charge in [0.25, 0.3) is 5.91 Å². The number of carbonyl (C=O) groups is 1. The Morgan fingerprint density at radius 2 is 1.77 bits per heavy atom. The number of hydroxylamine groups is 2. The first-order valence-corrected chi connectivity index (χ1v) is 11.5. The number of benzene rings is 2. The standard InChI is InChI=1S/C25H36N4O2/c1-2-14-29(31)25(30)23-13-12-21(20-24(23)26)9-5-4-8-15-27-16-18-28(19-17-27)22-10-6-3-7-11-22/h3,6-7,10-13,20,31H,2,4-5,8-9,14-19,26H2,1H3. The molecular formula is C25H36N4O2. The van der Waals surface area contributed by atoms with Gasteiger partial charge in [0.2, 0.25) is 0 Å². The van der Waals surface area contributed by atoms with Crippen molar-refractivity contribution in [1.82, 2.24) is 9.96 Å². The van der Waals surface area contributed by atoms with Crippen LogP contribution in [0.5, 0.6) is 0 Å². The predicted molar refractivity (Wildman–Crippen MR) is 127 cm³/mol. The van der Waals surface area contributed by atoms with Crippen molar-refractivity contribution in [2.45, 2.75) is 39.0 Å². The molecule has 6 nitrogen and oxygen atoms in total. The van der Waals surface area contributed by atoms with Crippen molar-refractivity contribution in [1.29, 1.82) is 0 Å². The van der Waals surface area contributed by atoms with Gasteiger partial charge in [-0.15, -0.1) is 0 Å². The van der Waals surface area contributed by atoms with Gasteiger partial charge in [-0.05, 0) is 62.1 Å². The minimum absolute atomic E-state index is 0.307. The number of para-hydroxylation sites is 1. The molecule has 2 aromatic carbocycles. The van der Waals surface area contributed by atoms with Crippen LogP contribution in [0.1, 0.15) is 48.5 Å². The van der Waals surface area contributed by atoms with Crippen LogP contribution in [0.3, 0.4) is 0 Å². The number of nitrogen functional groups attached to an aromatic ring is 1. The number of hydrogen-bond donors (Lipinski definition) is 2. The lowest BCUT2D eigenvalue weighted by Gasteiger charge is -2.36. The highest BCUT2D eigenvalue weighted by Crippen LogP contribution is 2.19. The number of nitrogens with zero attached hydrogens (tertiary/aromatic N) is 3. The molecule has 1 fully saturated rings. The van der Waals surface area contributed by atoms with Crippen molar-refractivity contribution in [3.8, 4) is 0 Å². The summed E-state index contributed by atoms with van der Waals surface area (Å²) in [5.41, 5.74) is 9.35. The second-order valence-electron chi connectivity index (χ2n) is 8.32. The zero-order valence-electron chi connectivity index (χ0n) is 18.7. The first kappa shape index (κ1) is 23.1. The molecule has 2 aromatic rings. The van der Waals surface area contributed by atoms with E-state index < -0.39 is 5.91 Å². The number of aryl methyl sites for hydroxylation is 1. The topological polar surface area (TPSA) is 73.0 Å². The number of hydrogen-bond acceptors (Lipinski definition) is 5. The first-order valence-electron chi connectivity index (χ1n) is 11.5. The maximum atomic E-state index is 12.2. The minimum atomic E-state index is -0.432. The Balaban J connectivity index is 1.34. The Labute approximate surface area is 186 Å². The first-order chi connectivity index (χ1) is 15.1. The maximum absolute atomic E-state index is 12.2. The SMILES string of the molecule is CCCN(O)C(=O)c1ccc(CCCCCN2CCN(c3ccccc3)CC2)cc1N. The molecule has 3 N–H and O–H groups in total. The van der Waals surface area contributed by atoms with Crippen LogP contribution < -0.4 is 10.6 Å². The second-order valence-corrected chi connectivity index (χ2v) is 8.32. The lowest BCUT2D eigenvalue weighted by Crippen LogP contribution is -2.46. The molecule has 0 aliphatic carbocycles. The fraction of sp³-hybridized carbons (Fsp3) is 0.480. The van der Waals surface area contributed by atoms with Gasteiger partial charge >= 0.3 is 0 Å². The number of amides is 1. The van der Waals surface area contributed by atoms with E-state index in [0.717, 1.165) is 56.2 Å². The van der Waals surface area contributed by atoms with Crippen LogP contribution in [0.25, 0.3) is 0 Å². The number of carbonyl (C=O) groups excluding carboxylic acids is 1. The van der Waals surface area contributed by atoms with Gasteiger partial charge in [0.15, 0.2) is 0 Å². The van der Waals surface area contributed by atoms with Crippen LogP contribution in [-0.4, -0.2) is 60.3 Å². The summed E-state index contributed by atoms with van der Waals surface area (Å²) >= 11 is 0. The third-order valence-corrected chi connectivity index (χ3v) is 5.95. The molecule has 1 aliphatic rings. The van der Waals surface area contributed by atoms with Gasteiger partial charge < -0.3 is 10.6 Å². The molecule has 0 aromatic heterocycles. The van der Waals surface area contributed by atoms with Crippen LogP contribution in [0.4, 0.5) is 11.4 Å². The summed E-state index contributed by atoms with van der Waals surface area (Å²) in [6.07, 6.45) is 5.15. The molecule has 0 spiro atoms. The van der Waals surface area contributed by atoms with Gasteiger partial charge in [0.05, 0.1) is 5.56 Å². The summed E-state index contributed by atoms with van der Waals surface area (Å²) in [5, 5.41) is 10.5. The van der Waals surface area contributed by atoms with E-state index in [0.29, 0.717) is 24.2 Å². The van der Waals surface area contributed by atoms with Crippen molar-refractivity contribution in [3.05, 3.63) is 59.7 Å². The smallest absolute Gasteiger partial charge is 0.279 e. The normalized spacial score (nSPS) is 14.6. The third kappa shape index (κ3) is 6.71. The molecule has 0 unspecified atom stereocenters. The fourth-order valence-corrected chi connectivity index (χ4v) is 4.12. The lowest BCUT2D eigenvalue weighted by atomic mass is 10.0. The molecule has 168 valence electrons. The van der Waals surface area contributed by atoms with E-state index >= 15 is 0 Å². The number of unbranched alkanes of at least 4 members (excludes halogenated alkanes) is 2. The van der Waals surface area contributed by atoms with Crippen molar-refractivity contribution in [2.24, 2.45) is 0 Å². The van der Waals surface area contributed by atoms with Crippen LogP contribution >= 0.6 is 0 Å². The molecular weight excluding hydrogens is 388 g/mol. The Bertz CT molecular complexity index is 820. The number of nitrogens with two attached hydrogens (primary N) is 1. The number of piperazine rings is 1. The number of anilines is 2. The molecule has 6 heteroatoms. The average molecular weight is 425 g/mol. The van der Waals surface area contributed by atoms with Crippen LogP contribution in [0.15, 0.2) is 48.5 Å². The van der Waals surface area contributed by atoms with Gasteiger partial charge in [-0.2, -0.15) is 0 Å². The predicted octanol–water partition coefficient (Wildman–Crippen LogP) is 4.05. The van der Waals surface area contributed by atoms with Gasteiger partial charge in [-0.1, -0.05) is 37.6 Å². The van der Waals surface area contributed by atoms with Crippen molar-refractivity contribution >= 4 is 17.3 Å². The molecule has 0 radical (unpaired) electrons. The van der Waals surface area contributed by atoms with Gasteiger partial charge in [-0.25, -0.2) is 5.06 Å². The quantitative estimate of drug-likeness (QED) is 0.261. The van der Waals surface area contributed by atoms with E-state index in [1.54, 1.807) is 6.07 Å². The number of rotatable bonds is 10. The van der Waals surface area contributed by atoms with Crippen molar-refractivity contribution < 1.29 is 10.0 Å². The van der Waals surface area contributed by atoms with Crippen LogP contribution in [-0.2, 0) is 6.42 Å². The Hall–Kier alpha value is -2.57. The van der Waals surface area contributed by atoms with E-state index in [1.165, 1.54) is 18.5 Å². The Morgan fingerprint density at radius 1 is 1.03 bits per heavy atom. The molecule has 31 heavy (non-hydrogen) atoms. The highest BCUT2D eigenvalue weighted by molar-refractivity contribution is 5.98. The summed E-state index contributed by atoms with van der Waals surface area (Å²) in [6, 6.07) is 16.2. The van der Waals surface area contributed by atoms with Crippen LogP contribution in [0, 0.1) is 0 Å². The van der Waals surface area contributed by atoms with E-state index in [4.69, 9.17) is 5.73 Å². The highest BCUT2D eigenvalue weighted by Gasteiger charge is 2.17. The second kappa shape index (κ2) is 11.7. The molecule has 1 heterocycles. The molecule has 1 saturated heterocycles. The summed E-state index contributed by atoms with van der Waals surface area (Å²) in [7, 11) is 0. The largest absolute Gasteiger partial charge is 0.398 e. The molecule has 0 saturated carbocycles. The van der Waals surface area contributed by atoms with Crippen molar-refractivity contribution in [2.75, 3.05) is 49.9 Å². The van der Waals surface area contributed by atoms with Crippen molar-refractivity contribution in [3.63, 3.8) is 0 Å². The maximum Gasteiger partial charge on any atom is 0.279 e. The Morgan fingerprint density at radius 3 is 2.45 bits per heavy atom. The molecule has 1 aliphatic heterocycles. The van der Waals surface area contributed by atoms with E-state index in [9.17, 15) is 10.0 Å². The summed E-state index contributed by atoms with van der Waals surface area (Å²) in [6.45, 7) is 7.81. The monoisotopic (exact) mass is 424 g/mol. The summed E-state index contributed by atoms with van der Waals surface area (Å²) in [5.74, 6) is -0.432. The van der Waals surface area contributed by atoms with E-state index in [1.807, 2.05) is 19.1 Å². The summed E-state index contributed by atoms with van der Waals surface area (Å²) in [4.78, 5) is 17.2. The van der Waals surface area contributed by atoms with Crippen LogP contribution in [0.2, 0.25) is 0 Å². The Kier molecular flexibility index (Phi) is 8.74. The van der Waals surface area contributed by atoms with Gasteiger partial charge in [-0.3, -0.25) is 14.9 Å². The van der Waals surface area contributed by atoms with Gasteiger partial charge in [0, 0.05) is 44.1 Å². The molecule has 0 bridgehead atoms. The van der Waals surface area contributed by atoms with Gasteiger partial charge in [0.1, 0.15) is 0 Å². The molecule has 3 rings (SSSR count). The highest BCUT2D eigenvalue weighted by atomic mass is 16.5. The molecule has 1 amide bonds. The fourth-order valence-electron chi connectivity index (χ4n) is 4.12. The molecule has 0 atom stereocenters. The zero-order chi connectivity index (χ0) is 22.1. The third-order valence-electron chi connectivity index (χ3n) is 5.95. The average Bonchev–Trinajstić information content (AvgIpc) is 2.80. The van der Waals surface area contributed by atoms with E-state index in [-0.39, 0.29) is 0 Å². The van der Waals surface area contributed by atoms with E-state index in [2.05, 4.69) is 40.1 Å². The zero-order valence-corrected chi connectivity index (χ0v) is 18.7. The minimum Gasteiger partial charge on any atom is -0.398 e. The lowest BCUT2D eigenvalue weighted by molar-refractivity contribution is -0.0577.